The first kappa shape index (κ1) is 29.1. The van der Waals surface area contributed by atoms with Crippen LogP contribution in [-0.4, -0.2) is 79.4 Å². The van der Waals surface area contributed by atoms with E-state index in [4.69, 9.17) is 11.5 Å². The monoisotopic (exact) mass is 528 g/mol. The predicted octanol–water partition coefficient (Wildman–Crippen LogP) is -0.162. The summed E-state index contributed by atoms with van der Waals surface area (Å²) in [4.78, 5) is 66.7. The summed E-state index contributed by atoms with van der Waals surface area (Å²) in [6.45, 7) is 1.33. The minimum Gasteiger partial charge on any atom is -0.386 e. The second-order valence-corrected chi connectivity index (χ2v) is 8.21. The van der Waals surface area contributed by atoms with Gasteiger partial charge in [0.2, 0.25) is 11.8 Å². The summed E-state index contributed by atoms with van der Waals surface area (Å²) < 4.78 is 40.8. The van der Waals surface area contributed by atoms with Gasteiger partial charge in [0.1, 0.15) is 6.54 Å². The number of aliphatic imine (C=N–C) groups is 1. The number of alkyl halides is 3. The third-order valence-electron chi connectivity index (χ3n) is 5.39. The van der Waals surface area contributed by atoms with Crippen molar-refractivity contribution in [1.82, 2.24) is 10.2 Å². The third kappa shape index (κ3) is 8.18. The van der Waals surface area contributed by atoms with Gasteiger partial charge in [0.05, 0.1) is 24.2 Å². The van der Waals surface area contributed by atoms with Crippen molar-refractivity contribution in [3.63, 3.8) is 0 Å². The van der Waals surface area contributed by atoms with E-state index in [2.05, 4.69) is 15.0 Å². The Bertz CT molecular complexity index is 1100. The number of halogens is 3. The van der Waals surface area contributed by atoms with Crippen LogP contribution in [0.5, 0.6) is 0 Å². The molecule has 1 aromatic rings. The number of benzene rings is 1. The molecule has 202 valence electrons. The zero-order chi connectivity index (χ0) is 27.9. The molecule has 1 aliphatic rings. The van der Waals surface area contributed by atoms with E-state index in [0.29, 0.717) is 5.56 Å². The fraction of sp³-hybridized carbons (Fsp3) is 0.455. The van der Waals surface area contributed by atoms with Crippen LogP contribution in [0.15, 0.2) is 23.2 Å². The number of esters is 2. The number of fused-ring (bicyclic) bond motifs is 1. The van der Waals surface area contributed by atoms with Gasteiger partial charge in [-0.25, -0.2) is 4.79 Å². The molecular weight excluding hydrogens is 501 g/mol. The number of aryl methyl sites for hydroxylation is 1. The Morgan fingerprint density at radius 2 is 1.89 bits per heavy atom. The van der Waals surface area contributed by atoms with Crippen molar-refractivity contribution in [3.05, 3.63) is 29.3 Å². The highest BCUT2D eigenvalue weighted by Crippen LogP contribution is 2.28. The molecule has 1 atom stereocenters. The summed E-state index contributed by atoms with van der Waals surface area (Å²) in [7, 11) is 1.45. The predicted molar refractivity (Wildman–Crippen MR) is 124 cm³/mol. The van der Waals surface area contributed by atoms with Gasteiger partial charge < -0.3 is 31.3 Å². The van der Waals surface area contributed by atoms with E-state index in [1.165, 1.54) is 24.9 Å². The van der Waals surface area contributed by atoms with E-state index in [1.54, 1.807) is 12.1 Å². The molecule has 0 saturated carbocycles. The first-order valence-electron chi connectivity index (χ1n) is 11.0. The molecule has 15 heteroatoms. The minimum atomic E-state index is -5.35. The van der Waals surface area contributed by atoms with E-state index >= 15 is 0 Å². The molecule has 0 radical (unpaired) electrons. The fourth-order valence-corrected chi connectivity index (χ4v) is 3.45. The summed E-state index contributed by atoms with van der Waals surface area (Å²) in [5, 5.41) is 2.64. The lowest BCUT2D eigenvalue weighted by Crippen LogP contribution is -2.44. The average molecular weight is 528 g/mol. The van der Waals surface area contributed by atoms with Crippen LogP contribution >= 0.6 is 0 Å². The number of hydrogen-bond donors (Lipinski definition) is 3. The van der Waals surface area contributed by atoms with Gasteiger partial charge in [0, 0.05) is 26.1 Å². The summed E-state index contributed by atoms with van der Waals surface area (Å²) in [6, 6.07) is 3.64. The summed E-state index contributed by atoms with van der Waals surface area (Å²) >= 11 is 0. The van der Waals surface area contributed by atoms with Gasteiger partial charge in [-0.15, -0.1) is 0 Å². The number of rotatable bonds is 9. The number of nitrogens with two attached hydrogens (primary N) is 2. The van der Waals surface area contributed by atoms with E-state index < -0.39 is 48.9 Å². The molecule has 1 heterocycles. The SMILES string of the molecule is CC(CC(=O)OC(=O)C(F)(F)F)N1CC(=O)N(C)c2ccc(CCC(=O)NCCN=C(N)N)cc2C1=O. The molecule has 0 fully saturated rings. The Morgan fingerprint density at radius 3 is 2.51 bits per heavy atom. The number of hydrogen-bond acceptors (Lipinski definition) is 7. The van der Waals surface area contributed by atoms with Gasteiger partial charge in [-0.05, 0) is 31.0 Å². The zero-order valence-corrected chi connectivity index (χ0v) is 20.1. The summed E-state index contributed by atoms with van der Waals surface area (Å²) in [6.07, 6.45) is -5.76. The molecule has 5 N–H and O–H groups in total. The van der Waals surface area contributed by atoms with Gasteiger partial charge >= 0.3 is 18.1 Å². The molecule has 3 amide bonds. The second-order valence-electron chi connectivity index (χ2n) is 8.21. The summed E-state index contributed by atoms with van der Waals surface area (Å²) in [5.41, 5.74) is 11.4. The maximum Gasteiger partial charge on any atom is 0.491 e. The van der Waals surface area contributed by atoms with Crippen molar-refractivity contribution >= 4 is 41.3 Å². The maximum absolute atomic E-state index is 13.3. The van der Waals surface area contributed by atoms with Crippen molar-refractivity contribution in [2.24, 2.45) is 16.5 Å². The molecular formula is C22H27F3N6O6. The van der Waals surface area contributed by atoms with Crippen LogP contribution in [0.2, 0.25) is 0 Å². The highest BCUT2D eigenvalue weighted by Gasteiger charge is 2.43. The van der Waals surface area contributed by atoms with E-state index in [0.717, 1.165) is 4.90 Å². The molecule has 0 aromatic heterocycles. The smallest absolute Gasteiger partial charge is 0.386 e. The first-order valence-corrected chi connectivity index (χ1v) is 11.0. The van der Waals surface area contributed by atoms with Gasteiger partial charge in [-0.2, -0.15) is 13.2 Å². The Morgan fingerprint density at radius 1 is 1.22 bits per heavy atom. The number of carbonyl (C=O) groups is 5. The van der Waals surface area contributed by atoms with E-state index in [9.17, 15) is 37.1 Å². The fourth-order valence-electron chi connectivity index (χ4n) is 3.45. The number of amides is 3. The molecule has 0 bridgehead atoms. The lowest BCUT2D eigenvalue weighted by atomic mass is 10.0. The highest BCUT2D eigenvalue weighted by atomic mass is 19.4. The number of anilines is 1. The molecule has 0 spiro atoms. The Labute approximate surface area is 209 Å². The van der Waals surface area contributed by atoms with Gasteiger partial charge in [0.25, 0.3) is 5.91 Å². The molecule has 1 aromatic carbocycles. The van der Waals surface area contributed by atoms with Gasteiger partial charge in [0.15, 0.2) is 5.96 Å². The third-order valence-corrected chi connectivity index (χ3v) is 5.39. The topological polar surface area (TPSA) is 177 Å². The Hall–Kier alpha value is -4.17. The van der Waals surface area contributed by atoms with Crippen molar-refractivity contribution in [3.8, 4) is 0 Å². The number of carbonyl (C=O) groups excluding carboxylic acids is 5. The van der Waals surface area contributed by atoms with Crippen LogP contribution in [0.1, 0.15) is 35.7 Å². The maximum atomic E-state index is 13.3. The van der Waals surface area contributed by atoms with Gasteiger partial charge in [-0.3, -0.25) is 24.2 Å². The second kappa shape index (κ2) is 12.2. The molecule has 0 saturated heterocycles. The number of guanidine groups is 1. The van der Waals surface area contributed by atoms with Crippen LogP contribution in [-0.2, 0) is 30.3 Å². The van der Waals surface area contributed by atoms with Crippen molar-refractivity contribution in [2.75, 3.05) is 31.6 Å². The van der Waals surface area contributed by atoms with Crippen LogP contribution in [0.4, 0.5) is 18.9 Å². The minimum absolute atomic E-state index is 0.0861. The summed E-state index contributed by atoms with van der Waals surface area (Å²) in [5.74, 6) is -5.69. The van der Waals surface area contributed by atoms with Crippen molar-refractivity contribution < 1.29 is 41.9 Å². The quantitative estimate of drug-likeness (QED) is 0.130. The molecule has 1 unspecified atom stereocenters. The molecule has 37 heavy (non-hydrogen) atoms. The lowest BCUT2D eigenvalue weighted by molar-refractivity contribution is -0.202. The van der Waals surface area contributed by atoms with Crippen molar-refractivity contribution in [2.45, 2.75) is 38.4 Å². The normalized spacial score (nSPS) is 14.4. The molecule has 0 aliphatic carbocycles. The van der Waals surface area contributed by atoms with Crippen LogP contribution in [0.3, 0.4) is 0 Å². The van der Waals surface area contributed by atoms with Crippen LogP contribution in [0, 0.1) is 0 Å². The number of likely N-dealkylation sites (N-methyl/N-ethyl adjacent to an activating group) is 1. The molecule has 12 nitrogen and oxygen atoms in total. The van der Waals surface area contributed by atoms with Crippen molar-refractivity contribution in [1.29, 1.82) is 0 Å². The lowest BCUT2D eigenvalue weighted by Gasteiger charge is -2.26. The number of nitrogens with one attached hydrogen (secondary N) is 1. The van der Waals surface area contributed by atoms with E-state index in [-0.39, 0.29) is 49.0 Å². The Balaban J connectivity index is 2.13. The van der Waals surface area contributed by atoms with Crippen LogP contribution in [0.25, 0.3) is 0 Å². The highest BCUT2D eigenvalue weighted by molar-refractivity contribution is 6.09. The Kier molecular flexibility index (Phi) is 9.57. The molecule has 2 rings (SSSR count). The molecule has 1 aliphatic heterocycles. The standard InChI is InChI=1S/C22H27F3N6O6/c1-12(9-18(34)37-20(36)22(23,24)25)31-11-17(33)30(2)15-5-3-13(10-14(15)19(31)35)4-6-16(32)28-7-8-29-21(26)27/h3,5,10,12H,4,6-9,11H2,1-2H3,(H,28,32)(H4,26,27,29). The van der Waals surface area contributed by atoms with E-state index in [1.807, 2.05) is 0 Å². The number of nitrogens with zero attached hydrogens (tertiary/aromatic N) is 3. The average Bonchev–Trinajstić information content (AvgIpc) is 2.90. The largest absolute Gasteiger partial charge is 0.491 e. The van der Waals surface area contributed by atoms with Crippen LogP contribution < -0.4 is 21.7 Å². The first-order chi connectivity index (χ1) is 17.2. The zero-order valence-electron chi connectivity index (χ0n) is 20.1. The number of ether oxygens (including phenoxy) is 1. The van der Waals surface area contributed by atoms with Gasteiger partial charge in [-0.1, -0.05) is 6.07 Å².